The molecule has 4 nitrogen and oxygen atoms in total. The number of hydrogen-bond donors (Lipinski definition) is 1. The first-order valence-corrected chi connectivity index (χ1v) is 9.92. The first kappa shape index (κ1) is 15.8. The number of likely N-dealkylation sites (tertiary alicyclic amines) is 1. The number of ether oxygens (including phenoxy) is 1. The van der Waals surface area contributed by atoms with Gasteiger partial charge in [0, 0.05) is 24.1 Å². The van der Waals surface area contributed by atoms with Crippen molar-refractivity contribution in [3.8, 4) is 5.75 Å². The fourth-order valence-corrected chi connectivity index (χ4v) is 6.16. The molecule has 0 amide bonds. The Morgan fingerprint density at radius 2 is 2.12 bits per heavy atom. The molecule has 2 aliphatic carbocycles. The van der Waals surface area contributed by atoms with Crippen LogP contribution in [-0.4, -0.2) is 47.6 Å². The minimum absolute atomic E-state index is 0.00953. The Bertz CT molecular complexity index is 696. The Hall–Kier alpha value is -1.39. The molecule has 2 heterocycles. The molecule has 2 bridgehead atoms. The number of fused-ring (bicyclic) bond motifs is 1. The number of piperidine rings is 1. The molecule has 3 fully saturated rings. The van der Waals surface area contributed by atoms with Gasteiger partial charge < -0.3 is 9.84 Å². The number of carbonyl (C=O) groups excluding carboxylic acids is 1. The lowest BCUT2D eigenvalue weighted by Gasteiger charge is -2.58. The maximum absolute atomic E-state index is 13.4. The summed E-state index contributed by atoms with van der Waals surface area (Å²) in [5.74, 6) is 0.971. The summed E-state index contributed by atoms with van der Waals surface area (Å²) >= 11 is 0. The maximum Gasteiger partial charge on any atom is 0.180 e. The zero-order chi connectivity index (χ0) is 17.0. The SMILES string of the molecule is O=C1c2ccc(O)cc2[C@@]23CCCC[C@H]2[C@@H]1N(C[C@@H]1CCCO1)CC3. The summed E-state index contributed by atoms with van der Waals surface area (Å²) in [4.78, 5) is 15.8. The predicted molar refractivity (Wildman–Crippen MR) is 95.0 cm³/mol. The molecule has 1 aromatic carbocycles. The average molecular weight is 341 g/mol. The molecule has 0 unspecified atom stereocenters. The third-order valence-corrected chi connectivity index (χ3v) is 7.25. The summed E-state index contributed by atoms with van der Waals surface area (Å²) in [6, 6.07) is 5.44. The zero-order valence-corrected chi connectivity index (χ0v) is 14.7. The lowest BCUT2D eigenvalue weighted by molar-refractivity contribution is -0.0238. The van der Waals surface area contributed by atoms with Crippen molar-refractivity contribution in [1.82, 2.24) is 4.90 Å². The van der Waals surface area contributed by atoms with Gasteiger partial charge in [0.15, 0.2) is 5.78 Å². The van der Waals surface area contributed by atoms with E-state index in [2.05, 4.69) is 4.90 Å². The van der Waals surface area contributed by atoms with Gasteiger partial charge in [-0.25, -0.2) is 0 Å². The van der Waals surface area contributed by atoms with Crippen molar-refractivity contribution in [3.05, 3.63) is 29.3 Å². The van der Waals surface area contributed by atoms with Crippen LogP contribution in [0.5, 0.6) is 5.75 Å². The quantitative estimate of drug-likeness (QED) is 0.897. The topological polar surface area (TPSA) is 49.8 Å². The Balaban J connectivity index is 1.57. The van der Waals surface area contributed by atoms with E-state index in [9.17, 15) is 9.90 Å². The van der Waals surface area contributed by atoms with Crippen molar-refractivity contribution in [3.63, 3.8) is 0 Å². The summed E-state index contributed by atoms with van der Waals surface area (Å²) in [7, 11) is 0. The van der Waals surface area contributed by atoms with Crippen LogP contribution in [0.15, 0.2) is 18.2 Å². The van der Waals surface area contributed by atoms with Crippen LogP contribution in [-0.2, 0) is 10.2 Å². The van der Waals surface area contributed by atoms with E-state index >= 15 is 0 Å². The minimum Gasteiger partial charge on any atom is -0.508 e. The molecule has 0 spiro atoms. The molecule has 1 aromatic rings. The molecule has 1 N–H and O–H groups in total. The molecule has 0 radical (unpaired) electrons. The first-order chi connectivity index (χ1) is 12.2. The van der Waals surface area contributed by atoms with Crippen LogP contribution in [0.3, 0.4) is 0 Å². The third kappa shape index (κ3) is 2.30. The number of phenols is 1. The summed E-state index contributed by atoms with van der Waals surface area (Å²) in [6.07, 6.45) is 8.41. The average Bonchev–Trinajstić information content (AvgIpc) is 3.13. The van der Waals surface area contributed by atoms with E-state index in [1.165, 1.54) is 12.8 Å². The fourth-order valence-electron chi connectivity index (χ4n) is 6.16. The molecule has 4 heteroatoms. The largest absolute Gasteiger partial charge is 0.508 e. The minimum atomic E-state index is 0.00953. The predicted octanol–water partition coefficient (Wildman–Crippen LogP) is 3.27. The van der Waals surface area contributed by atoms with Gasteiger partial charge in [-0.05, 0) is 68.3 Å². The van der Waals surface area contributed by atoms with Crippen molar-refractivity contribution in [2.24, 2.45) is 5.92 Å². The molecule has 25 heavy (non-hydrogen) atoms. The van der Waals surface area contributed by atoms with Gasteiger partial charge in [-0.3, -0.25) is 9.69 Å². The van der Waals surface area contributed by atoms with Gasteiger partial charge in [0.2, 0.25) is 0 Å². The van der Waals surface area contributed by atoms with E-state index < -0.39 is 0 Å². The maximum atomic E-state index is 13.4. The highest BCUT2D eigenvalue weighted by molar-refractivity contribution is 6.04. The lowest BCUT2D eigenvalue weighted by atomic mass is 9.52. The third-order valence-electron chi connectivity index (χ3n) is 7.25. The Morgan fingerprint density at radius 3 is 2.96 bits per heavy atom. The number of carbonyl (C=O) groups is 1. The summed E-state index contributed by atoms with van der Waals surface area (Å²) in [5, 5.41) is 10.1. The van der Waals surface area contributed by atoms with E-state index in [0.717, 1.165) is 62.9 Å². The van der Waals surface area contributed by atoms with Crippen LogP contribution in [0, 0.1) is 5.92 Å². The van der Waals surface area contributed by atoms with E-state index in [-0.39, 0.29) is 17.2 Å². The van der Waals surface area contributed by atoms with Gasteiger partial charge in [0.05, 0.1) is 12.1 Å². The van der Waals surface area contributed by atoms with Gasteiger partial charge in [-0.1, -0.05) is 12.8 Å². The molecule has 2 aliphatic heterocycles. The van der Waals surface area contributed by atoms with Crippen molar-refractivity contribution >= 4 is 5.78 Å². The second-order valence-electron chi connectivity index (χ2n) is 8.43. The smallest absolute Gasteiger partial charge is 0.180 e. The molecular formula is C21H27NO3. The Labute approximate surface area is 149 Å². The number of phenolic OH excluding ortho intramolecular Hbond substituents is 1. The van der Waals surface area contributed by atoms with Gasteiger partial charge in [-0.2, -0.15) is 0 Å². The number of aromatic hydroxyl groups is 1. The molecular weight excluding hydrogens is 314 g/mol. The van der Waals surface area contributed by atoms with Crippen LogP contribution in [0.25, 0.3) is 0 Å². The van der Waals surface area contributed by atoms with Crippen molar-refractivity contribution in [1.29, 1.82) is 0 Å². The van der Waals surface area contributed by atoms with Crippen molar-refractivity contribution in [2.75, 3.05) is 19.7 Å². The second-order valence-corrected chi connectivity index (χ2v) is 8.43. The number of hydrogen-bond acceptors (Lipinski definition) is 4. The van der Waals surface area contributed by atoms with E-state index in [1.54, 1.807) is 6.07 Å². The van der Waals surface area contributed by atoms with Gasteiger partial charge in [0.1, 0.15) is 5.75 Å². The molecule has 4 atom stereocenters. The van der Waals surface area contributed by atoms with Gasteiger partial charge in [-0.15, -0.1) is 0 Å². The highest BCUT2D eigenvalue weighted by Gasteiger charge is 2.57. The first-order valence-electron chi connectivity index (χ1n) is 9.92. The monoisotopic (exact) mass is 341 g/mol. The molecule has 0 aromatic heterocycles. The Morgan fingerprint density at radius 1 is 1.20 bits per heavy atom. The number of benzene rings is 1. The fraction of sp³-hybridized carbons (Fsp3) is 0.667. The number of Topliss-reactive ketones (excluding diaryl/α,β-unsaturated/α-hetero) is 1. The molecule has 5 rings (SSSR count). The molecule has 4 aliphatic rings. The summed E-state index contributed by atoms with van der Waals surface area (Å²) in [6.45, 7) is 2.74. The van der Waals surface area contributed by atoms with Gasteiger partial charge >= 0.3 is 0 Å². The van der Waals surface area contributed by atoms with E-state index in [0.29, 0.717) is 17.8 Å². The highest BCUT2D eigenvalue weighted by atomic mass is 16.5. The number of nitrogens with zero attached hydrogens (tertiary/aromatic N) is 1. The standard InChI is InChI=1S/C21H27NO3/c23-14-6-7-16-18(12-14)21-8-2-1-5-17(21)19(20(16)24)22(10-9-21)13-15-4-3-11-25-15/h6-7,12,15,17,19,23H,1-5,8-11,13H2/t15-,17-,19-,21+/m0/s1. The molecule has 1 saturated carbocycles. The second kappa shape index (κ2) is 5.82. The zero-order valence-electron chi connectivity index (χ0n) is 14.7. The van der Waals surface area contributed by atoms with Crippen LogP contribution >= 0.6 is 0 Å². The molecule has 134 valence electrons. The van der Waals surface area contributed by atoms with Crippen LogP contribution in [0.4, 0.5) is 0 Å². The molecule has 2 saturated heterocycles. The van der Waals surface area contributed by atoms with E-state index in [1.807, 2.05) is 12.1 Å². The van der Waals surface area contributed by atoms with Crippen molar-refractivity contribution in [2.45, 2.75) is 62.5 Å². The van der Waals surface area contributed by atoms with Crippen LogP contribution in [0.1, 0.15) is 60.9 Å². The highest BCUT2D eigenvalue weighted by Crippen LogP contribution is 2.56. The summed E-state index contributed by atoms with van der Waals surface area (Å²) in [5.41, 5.74) is 2.09. The number of ketones is 1. The normalized spacial score (nSPS) is 37.6. The lowest BCUT2D eigenvalue weighted by Crippen LogP contribution is -2.64. The van der Waals surface area contributed by atoms with Crippen molar-refractivity contribution < 1.29 is 14.6 Å². The van der Waals surface area contributed by atoms with Crippen LogP contribution in [0.2, 0.25) is 0 Å². The van der Waals surface area contributed by atoms with Crippen LogP contribution < -0.4 is 0 Å². The summed E-state index contributed by atoms with van der Waals surface area (Å²) < 4.78 is 5.86. The van der Waals surface area contributed by atoms with Gasteiger partial charge in [0.25, 0.3) is 0 Å². The Kier molecular flexibility index (Phi) is 3.68. The van der Waals surface area contributed by atoms with E-state index in [4.69, 9.17) is 4.74 Å². The number of rotatable bonds is 2.